The van der Waals surface area contributed by atoms with Gasteiger partial charge in [-0.2, -0.15) is 0 Å². The quantitative estimate of drug-likeness (QED) is 0.0203. The highest BCUT2D eigenvalue weighted by Gasteiger charge is 2.37. The Hall–Kier alpha value is -6.02. The van der Waals surface area contributed by atoms with E-state index in [1.807, 2.05) is 13.8 Å². The summed E-state index contributed by atoms with van der Waals surface area (Å²) in [5, 5.41) is 24.1. The second-order valence-corrected chi connectivity index (χ2v) is 21.2. The lowest BCUT2D eigenvalue weighted by atomic mass is 10.0. The Kier molecular flexibility index (Phi) is 22.1. The molecule has 2 aromatic heterocycles. The maximum Gasteiger partial charge on any atom is 0.469 e. The van der Waals surface area contributed by atoms with Gasteiger partial charge in [0.2, 0.25) is 45.5 Å². The van der Waals surface area contributed by atoms with Crippen molar-refractivity contribution in [1.29, 1.82) is 0 Å². The number of phosphoric acid groups is 1. The first-order valence-corrected chi connectivity index (χ1v) is 26.3. The van der Waals surface area contributed by atoms with E-state index >= 15 is 0 Å². The van der Waals surface area contributed by atoms with Crippen molar-refractivity contribution in [1.82, 2.24) is 40.0 Å². The van der Waals surface area contributed by atoms with E-state index in [1.54, 1.807) is 35.2 Å². The average molecular weight is 1050 g/mol. The van der Waals surface area contributed by atoms with Gasteiger partial charge in [0, 0.05) is 58.0 Å². The van der Waals surface area contributed by atoms with E-state index in [0.29, 0.717) is 68.2 Å². The number of oxime groups is 1. The van der Waals surface area contributed by atoms with E-state index in [-0.39, 0.29) is 29.6 Å². The molecule has 0 unspecified atom stereocenters. The number of benzene rings is 1. The van der Waals surface area contributed by atoms with Gasteiger partial charge in [-0.25, -0.2) is 22.3 Å². The number of carbonyl (C=O) groups excluding carboxylic acids is 6. The molecule has 1 saturated heterocycles. The van der Waals surface area contributed by atoms with Crippen LogP contribution in [-0.2, 0) is 65.7 Å². The Morgan fingerprint density at radius 1 is 0.944 bits per heavy atom. The van der Waals surface area contributed by atoms with Crippen molar-refractivity contribution in [3.8, 4) is 11.3 Å². The number of aromatic nitrogens is 2. The number of hydrogen-bond donors (Lipinski definition) is 8. The number of phosphoric ester groups is 1. The first-order valence-electron chi connectivity index (χ1n) is 23.3. The number of aliphatic hydroxyl groups is 1. The number of sulfonamides is 1. The first-order chi connectivity index (χ1) is 33.9. The molecular weight excluding hydrogens is 984 g/mol. The molecule has 1 aliphatic rings. The number of amides is 6. The number of carbonyl (C=O) groups is 6. The predicted molar refractivity (Wildman–Crippen MR) is 259 cm³/mol. The van der Waals surface area contributed by atoms with Gasteiger partial charge < -0.3 is 60.6 Å². The molecule has 0 bridgehead atoms. The molecule has 3 heterocycles. The zero-order valence-corrected chi connectivity index (χ0v) is 42.8. The van der Waals surface area contributed by atoms with Gasteiger partial charge in [-0.3, -0.25) is 33.3 Å². The zero-order valence-electron chi connectivity index (χ0n) is 41.1. The number of aryl methyl sites for hydroxylation is 1. The van der Waals surface area contributed by atoms with Crippen LogP contribution in [0.15, 0.2) is 63.4 Å². The number of furan rings is 1. The molecule has 1 aliphatic heterocycles. The normalized spacial score (nSPS) is 16.3. The van der Waals surface area contributed by atoms with Gasteiger partial charge in [-0.1, -0.05) is 25.4 Å². The molecule has 0 saturated carbocycles. The maximum atomic E-state index is 14.1. The van der Waals surface area contributed by atoms with Gasteiger partial charge in [-0.15, -0.1) is 0 Å². The van der Waals surface area contributed by atoms with Crippen LogP contribution in [0.3, 0.4) is 0 Å². The molecule has 3 aromatic rings. The molecule has 9 N–H and O–H groups in total. The molecule has 25 nitrogen and oxygen atoms in total. The van der Waals surface area contributed by atoms with Crippen molar-refractivity contribution in [2.75, 3.05) is 33.9 Å². The number of likely N-dealkylation sites (tertiary alicyclic amines) is 1. The Labute approximate surface area is 417 Å². The lowest BCUT2D eigenvalue weighted by Gasteiger charge is -2.28. The zero-order chi connectivity index (χ0) is 53.3. The van der Waals surface area contributed by atoms with Crippen LogP contribution in [0.1, 0.15) is 84.1 Å². The lowest BCUT2D eigenvalue weighted by molar-refractivity contribution is -0.139. The summed E-state index contributed by atoms with van der Waals surface area (Å²) < 4.78 is 49.4. The smallest absolute Gasteiger partial charge is 0.455 e. The topological polar surface area (TPSA) is 357 Å². The van der Waals surface area contributed by atoms with E-state index < -0.39 is 90.3 Å². The predicted octanol–water partition coefficient (Wildman–Crippen LogP) is 0.519. The van der Waals surface area contributed by atoms with Gasteiger partial charge in [-0.05, 0) is 87.8 Å². The highest BCUT2D eigenvalue weighted by Crippen LogP contribution is 2.38. The SMILES string of the molecule is CC(=O)N1CCC[C@H]1C(=O)N[C@@H](CC(C)C)C(=O)N[C@@H](Cc1cncn1CCCCCCO/N=C/c1ccc(-c2ccc(S(=O)(=O)N(C)C)cc2)o1)C(=O)N[C@@H](CO)C(=O)N[C@H](C(N)=O)[C@@H](C)OP(=O)(O)O. The minimum absolute atomic E-state index is 0.119. The highest BCUT2D eigenvalue weighted by atomic mass is 32.2. The highest BCUT2D eigenvalue weighted by molar-refractivity contribution is 7.89. The van der Waals surface area contributed by atoms with Crippen LogP contribution in [0.25, 0.3) is 11.3 Å². The van der Waals surface area contributed by atoms with Gasteiger partial charge in [0.05, 0.1) is 23.9 Å². The number of primary amides is 1. The third-order valence-electron chi connectivity index (χ3n) is 11.5. The molecule has 1 aromatic carbocycles. The lowest BCUT2D eigenvalue weighted by Crippen LogP contribution is -2.61. The molecule has 1 fully saturated rings. The van der Waals surface area contributed by atoms with Crippen molar-refractivity contribution in [2.45, 2.75) is 127 Å². The summed E-state index contributed by atoms with van der Waals surface area (Å²) in [6.45, 7) is 6.21. The largest absolute Gasteiger partial charge is 0.469 e. The van der Waals surface area contributed by atoms with E-state index in [9.17, 15) is 56.6 Å². The van der Waals surface area contributed by atoms with E-state index in [1.165, 1.54) is 50.5 Å². The summed E-state index contributed by atoms with van der Waals surface area (Å²) in [6, 6.07) is 2.80. The fraction of sp³-hybridized carbons (Fsp3) is 0.556. The Morgan fingerprint density at radius 3 is 2.22 bits per heavy atom. The fourth-order valence-corrected chi connectivity index (χ4v) is 9.19. The van der Waals surface area contributed by atoms with Gasteiger partial charge in [0.15, 0.2) is 0 Å². The van der Waals surface area contributed by atoms with Crippen molar-refractivity contribution in [3.05, 3.63) is 60.4 Å². The van der Waals surface area contributed by atoms with Crippen LogP contribution in [-0.4, -0.2) is 154 Å². The van der Waals surface area contributed by atoms with Gasteiger partial charge in [0.25, 0.3) is 0 Å². The minimum Gasteiger partial charge on any atom is -0.455 e. The van der Waals surface area contributed by atoms with Crippen LogP contribution in [0.2, 0.25) is 0 Å². The van der Waals surface area contributed by atoms with Gasteiger partial charge in [0.1, 0.15) is 54.6 Å². The summed E-state index contributed by atoms with van der Waals surface area (Å²) in [5.41, 5.74) is 6.54. The fourth-order valence-electron chi connectivity index (χ4n) is 7.74. The molecule has 0 aliphatic carbocycles. The van der Waals surface area contributed by atoms with E-state index in [4.69, 9.17) is 15.0 Å². The molecular formula is C45H67N10O15PS. The van der Waals surface area contributed by atoms with Crippen LogP contribution in [0.5, 0.6) is 0 Å². The first kappa shape index (κ1) is 58.5. The number of nitrogens with one attached hydrogen (secondary N) is 4. The second kappa shape index (κ2) is 27.2. The average Bonchev–Trinajstić information content (AvgIpc) is 4.10. The van der Waals surface area contributed by atoms with Crippen LogP contribution >= 0.6 is 7.82 Å². The molecule has 0 spiro atoms. The van der Waals surface area contributed by atoms with Crippen LogP contribution in [0, 0.1) is 5.92 Å². The van der Waals surface area contributed by atoms with Crippen molar-refractivity contribution >= 4 is 59.5 Å². The monoisotopic (exact) mass is 1050 g/mol. The Balaban J connectivity index is 1.39. The van der Waals surface area contributed by atoms with Crippen molar-refractivity contribution < 1.29 is 70.4 Å². The number of aliphatic hydroxyl groups excluding tert-OH is 1. The molecule has 0 radical (unpaired) electrons. The summed E-state index contributed by atoms with van der Waals surface area (Å²) in [4.78, 5) is 109. The number of nitrogens with zero attached hydrogens (tertiary/aromatic N) is 5. The summed E-state index contributed by atoms with van der Waals surface area (Å²) in [6.07, 6.45) is 6.67. The summed E-state index contributed by atoms with van der Waals surface area (Å²) in [7, 11) is -5.78. The second-order valence-electron chi connectivity index (χ2n) is 17.8. The van der Waals surface area contributed by atoms with Crippen molar-refractivity contribution in [2.24, 2.45) is 16.8 Å². The molecule has 4 rings (SSSR count). The third kappa shape index (κ3) is 17.6. The van der Waals surface area contributed by atoms with E-state index in [2.05, 4.69) is 35.9 Å². The summed E-state index contributed by atoms with van der Waals surface area (Å²) in [5.74, 6) is -4.12. The number of hydrogen-bond acceptors (Lipinski definition) is 15. The Morgan fingerprint density at radius 2 is 1.60 bits per heavy atom. The molecule has 72 heavy (non-hydrogen) atoms. The third-order valence-corrected chi connectivity index (χ3v) is 14.0. The Bertz CT molecular complexity index is 2510. The standard InChI is InChI=1S/C45H67N10O15PS/c1-28(2)22-35(50-45(62)38-12-11-20-55(38)30(4)57)42(59)49-36(43(60)51-37(26-56)44(61)52-40(41(46)58)29(3)70-71(63,64)65)23-32-24-47-27-54(32)19-9-7-8-10-21-68-48-25-33-15-18-39(69-33)31-13-16-34(17-14-31)72(66,67)53(5)6/h13-18,24-25,27-29,35-38,40,56H,7-12,19-23,26H2,1-6H3,(H2,46,58)(H,49,59)(H,50,62)(H,51,60)(H,52,61)(H2,63,64,65)/b48-25+/t29-,35+,36+,37+,38+,40+/m1/s1. The van der Waals surface area contributed by atoms with Crippen molar-refractivity contribution in [3.63, 3.8) is 0 Å². The van der Waals surface area contributed by atoms with Crippen LogP contribution in [0.4, 0.5) is 0 Å². The molecule has 27 heteroatoms. The number of unbranched alkanes of at least 4 members (excludes halogenated alkanes) is 3. The number of imidazole rings is 1. The van der Waals surface area contributed by atoms with Gasteiger partial charge >= 0.3 is 7.82 Å². The molecule has 398 valence electrons. The molecule has 6 atom stereocenters. The minimum atomic E-state index is -5.14. The molecule has 6 amide bonds. The summed E-state index contributed by atoms with van der Waals surface area (Å²) >= 11 is 0. The van der Waals surface area contributed by atoms with E-state index in [0.717, 1.165) is 24.1 Å². The maximum absolute atomic E-state index is 14.1. The van der Waals surface area contributed by atoms with Crippen LogP contribution < -0.4 is 27.0 Å². The number of rotatable bonds is 29. The number of nitrogens with two attached hydrogens (primary N) is 1.